The molecule has 3 rings (SSSR count). The third-order valence-electron chi connectivity index (χ3n) is 4.58. The lowest BCUT2D eigenvalue weighted by atomic mass is 10.0. The molecule has 0 saturated carbocycles. The first-order valence-corrected chi connectivity index (χ1v) is 11.2. The molecule has 0 bridgehead atoms. The molecule has 0 unspecified atom stereocenters. The molecule has 2 aromatic heterocycles. The van der Waals surface area contributed by atoms with Crippen molar-refractivity contribution in [2.45, 2.75) is 18.2 Å². The van der Waals surface area contributed by atoms with Crippen LogP contribution in [0.1, 0.15) is 38.8 Å². The number of hydrogen-bond acceptors (Lipinski definition) is 6. The fourth-order valence-electron chi connectivity index (χ4n) is 3.07. The number of sulfone groups is 1. The number of halogens is 1. The number of esters is 1. The molecule has 8 nitrogen and oxygen atoms in total. The largest absolute Gasteiger partial charge is 0.403 e. The van der Waals surface area contributed by atoms with Gasteiger partial charge in [-0.15, -0.1) is 0 Å². The fraction of sp³-hybridized carbons (Fsp3) is 0.250. The summed E-state index contributed by atoms with van der Waals surface area (Å²) in [6.45, 7) is 1.75. The van der Waals surface area contributed by atoms with E-state index in [9.17, 15) is 18.0 Å². The first-order valence-electron chi connectivity index (χ1n) is 8.96. The van der Waals surface area contributed by atoms with E-state index in [1.165, 1.54) is 30.1 Å². The number of carbonyl (C=O) groups is 2. The topological polar surface area (TPSA) is 100 Å². The Bertz CT molecular complexity index is 1260. The van der Waals surface area contributed by atoms with Crippen molar-refractivity contribution in [1.29, 1.82) is 0 Å². The van der Waals surface area contributed by atoms with Crippen molar-refractivity contribution in [3.8, 4) is 5.88 Å². The van der Waals surface area contributed by atoms with Crippen molar-refractivity contribution in [3.63, 3.8) is 0 Å². The Morgan fingerprint density at radius 3 is 2.43 bits per heavy atom. The van der Waals surface area contributed by atoms with Crippen LogP contribution in [0.2, 0.25) is 5.02 Å². The van der Waals surface area contributed by atoms with Crippen molar-refractivity contribution in [2.24, 2.45) is 14.1 Å². The van der Waals surface area contributed by atoms with E-state index in [1.54, 1.807) is 37.0 Å². The van der Waals surface area contributed by atoms with Gasteiger partial charge in [0.05, 0.1) is 21.7 Å². The van der Waals surface area contributed by atoms with Gasteiger partial charge in [0.15, 0.2) is 9.84 Å². The molecule has 0 N–H and O–H groups in total. The molecule has 10 heteroatoms. The summed E-state index contributed by atoms with van der Waals surface area (Å²) in [4.78, 5) is 25.7. The summed E-state index contributed by atoms with van der Waals surface area (Å²) in [5.41, 5.74) is 0.821. The standard InChI is InChI=1S/C20H20ClN3O5S/c1-5-13-16(30(4,27)28)7-6-14(17(13)21)18(25)15-10-22-24(3)19(15)29-20(26)12-8-9-23(2)11-12/h6-11H,5H2,1-4H3. The van der Waals surface area contributed by atoms with Crippen molar-refractivity contribution >= 4 is 33.2 Å². The Morgan fingerprint density at radius 1 is 1.17 bits per heavy atom. The SMILES string of the molecule is CCc1c(S(C)(=O)=O)ccc(C(=O)c2cnn(C)c2OC(=O)c2ccn(C)c2)c1Cl. The van der Waals surface area contributed by atoms with Crippen molar-refractivity contribution < 1.29 is 22.7 Å². The van der Waals surface area contributed by atoms with Crippen LogP contribution >= 0.6 is 11.6 Å². The summed E-state index contributed by atoms with van der Waals surface area (Å²) in [5, 5.41) is 4.07. The predicted octanol–water partition coefficient (Wildman–Crippen LogP) is 2.83. The van der Waals surface area contributed by atoms with E-state index in [2.05, 4.69) is 5.10 Å². The van der Waals surface area contributed by atoms with Crippen LogP contribution in [0.5, 0.6) is 5.88 Å². The molecule has 0 saturated heterocycles. The number of aromatic nitrogens is 3. The smallest absolute Gasteiger partial charge is 0.346 e. The average molecular weight is 450 g/mol. The predicted molar refractivity (Wildman–Crippen MR) is 111 cm³/mol. The molecule has 3 aromatic rings. The van der Waals surface area contributed by atoms with Gasteiger partial charge in [-0.1, -0.05) is 18.5 Å². The summed E-state index contributed by atoms with van der Waals surface area (Å²) in [6.07, 6.45) is 5.98. The highest BCUT2D eigenvalue weighted by Crippen LogP contribution is 2.32. The van der Waals surface area contributed by atoms with E-state index in [1.807, 2.05) is 0 Å². The molecule has 0 aliphatic heterocycles. The van der Waals surface area contributed by atoms with Crippen LogP contribution in [0.25, 0.3) is 0 Å². The molecule has 30 heavy (non-hydrogen) atoms. The summed E-state index contributed by atoms with van der Waals surface area (Å²) in [5.74, 6) is -1.20. The van der Waals surface area contributed by atoms with Gasteiger partial charge < -0.3 is 9.30 Å². The van der Waals surface area contributed by atoms with Gasteiger partial charge in [0.25, 0.3) is 0 Å². The minimum atomic E-state index is -3.51. The van der Waals surface area contributed by atoms with Crippen molar-refractivity contribution in [1.82, 2.24) is 14.3 Å². The number of hydrogen-bond donors (Lipinski definition) is 0. The van der Waals surface area contributed by atoms with Crippen LogP contribution in [-0.2, 0) is 30.4 Å². The van der Waals surface area contributed by atoms with E-state index in [-0.39, 0.29) is 26.9 Å². The highest BCUT2D eigenvalue weighted by Gasteiger charge is 2.26. The van der Waals surface area contributed by atoms with E-state index in [4.69, 9.17) is 16.3 Å². The van der Waals surface area contributed by atoms with Gasteiger partial charge in [-0.2, -0.15) is 5.10 Å². The maximum atomic E-state index is 13.2. The Kier molecular flexibility index (Phi) is 5.87. The number of rotatable bonds is 6. The Labute approximate surface area is 178 Å². The number of aryl methyl sites for hydroxylation is 2. The molecule has 1 aromatic carbocycles. The molecule has 0 spiro atoms. The van der Waals surface area contributed by atoms with Crippen molar-refractivity contribution in [2.75, 3.05) is 6.26 Å². The second-order valence-corrected chi connectivity index (χ2v) is 9.16. The summed E-state index contributed by atoms with van der Waals surface area (Å²) >= 11 is 6.41. The second kappa shape index (κ2) is 8.08. The first-order chi connectivity index (χ1) is 14.0. The fourth-order valence-corrected chi connectivity index (χ4v) is 4.52. The Balaban J connectivity index is 2.02. The van der Waals surface area contributed by atoms with Gasteiger partial charge in [0.2, 0.25) is 11.7 Å². The summed E-state index contributed by atoms with van der Waals surface area (Å²) in [6, 6.07) is 4.31. The maximum absolute atomic E-state index is 13.2. The summed E-state index contributed by atoms with van der Waals surface area (Å²) < 4.78 is 32.4. The number of ether oxygens (including phenoxy) is 1. The van der Waals surface area contributed by atoms with Gasteiger partial charge in [0.1, 0.15) is 5.56 Å². The molecule has 0 amide bonds. The zero-order valence-electron chi connectivity index (χ0n) is 16.8. The normalized spacial score (nSPS) is 11.5. The van der Waals surface area contributed by atoms with Crippen LogP contribution in [0.4, 0.5) is 0 Å². The molecule has 0 atom stereocenters. The molecule has 0 aliphatic rings. The minimum absolute atomic E-state index is 0.0323. The number of ketones is 1. The zero-order chi connectivity index (χ0) is 22.2. The van der Waals surface area contributed by atoms with Crippen LogP contribution in [0.15, 0.2) is 41.7 Å². The zero-order valence-corrected chi connectivity index (χ0v) is 18.4. The summed E-state index contributed by atoms with van der Waals surface area (Å²) in [7, 11) is -0.202. The highest BCUT2D eigenvalue weighted by atomic mass is 35.5. The van der Waals surface area contributed by atoms with Crippen LogP contribution < -0.4 is 4.74 Å². The monoisotopic (exact) mass is 449 g/mol. The number of nitrogens with zero attached hydrogens (tertiary/aromatic N) is 3. The van der Waals surface area contributed by atoms with Gasteiger partial charge in [-0.3, -0.25) is 4.79 Å². The van der Waals surface area contributed by atoms with Crippen LogP contribution in [-0.4, -0.2) is 40.8 Å². The highest BCUT2D eigenvalue weighted by molar-refractivity contribution is 7.90. The quantitative estimate of drug-likeness (QED) is 0.423. The maximum Gasteiger partial charge on any atom is 0.346 e. The lowest BCUT2D eigenvalue weighted by molar-refractivity contribution is 0.0718. The van der Waals surface area contributed by atoms with E-state index in [0.717, 1.165) is 6.26 Å². The molecule has 2 heterocycles. The number of benzene rings is 1. The molecule has 158 valence electrons. The third-order valence-corrected chi connectivity index (χ3v) is 6.20. The number of carbonyl (C=O) groups excluding carboxylic acids is 2. The van der Waals surface area contributed by atoms with Crippen LogP contribution in [0.3, 0.4) is 0 Å². The van der Waals surface area contributed by atoms with Crippen molar-refractivity contribution in [3.05, 3.63) is 64.1 Å². The van der Waals surface area contributed by atoms with Gasteiger partial charge in [-0.25, -0.2) is 17.9 Å². The lowest BCUT2D eigenvalue weighted by Crippen LogP contribution is -2.14. The molecular formula is C20H20ClN3O5S. The Morgan fingerprint density at radius 2 is 1.87 bits per heavy atom. The minimum Gasteiger partial charge on any atom is -0.403 e. The van der Waals surface area contributed by atoms with E-state index < -0.39 is 21.6 Å². The Hall–Kier alpha value is -2.91. The lowest BCUT2D eigenvalue weighted by Gasteiger charge is -2.12. The van der Waals surface area contributed by atoms with Gasteiger partial charge in [-0.05, 0) is 30.2 Å². The van der Waals surface area contributed by atoms with Gasteiger partial charge >= 0.3 is 5.97 Å². The second-order valence-electron chi connectivity index (χ2n) is 6.80. The molecule has 0 radical (unpaired) electrons. The van der Waals surface area contributed by atoms with Gasteiger partial charge in [0, 0.05) is 38.3 Å². The van der Waals surface area contributed by atoms with Crippen LogP contribution in [0, 0.1) is 0 Å². The molecule has 0 aliphatic carbocycles. The molecular weight excluding hydrogens is 430 g/mol. The van der Waals surface area contributed by atoms with E-state index in [0.29, 0.717) is 17.5 Å². The third kappa shape index (κ3) is 4.03. The molecule has 0 fully saturated rings. The average Bonchev–Trinajstić information content (AvgIpc) is 3.26. The first kappa shape index (κ1) is 21.8. The van der Waals surface area contributed by atoms with E-state index >= 15 is 0 Å².